The van der Waals surface area contributed by atoms with Gasteiger partial charge in [0, 0.05) is 12.1 Å². The summed E-state index contributed by atoms with van der Waals surface area (Å²) in [6.45, 7) is 0.991. The topological polar surface area (TPSA) is 109 Å². The van der Waals surface area contributed by atoms with Crippen molar-refractivity contribution in [3.63, 3.8) is 0 Å². The molecule has 10 heteroatoms. The average molecular weight is 549 g/mol. The fraction of sp³-hybridized carbons (Fsp3) is 0.360. The highest BCUT2D eigenvalue weighted by Gasteiger charge is 2.46. The highest BCUT2D eigenvalue weighted by atomic mass is 79.9. The summed E-state index contributed by atoms with van der Waals surface area (Å²) in [6.07, 6.45) is 0.614. The number of ketones is 1. The molecule has 1 saturated heterocycles. The number of phenolic OH excluding ortho intramolecular Hbond substituents is 1. The first-order valence-corrected chi connectivity index (χ1v) is 11.7. The van der Waals surface area contributed by atoms with Gasteiger partial charge in [-0.2, -0.15) is 0 Å². The Bertz CT molecular complexity index is 1160. The number of likely N-dealkylation sites (tertiary alicyclic amines) is 1. The normalized spacial score (nSPS) is 17.2. The zero-order chi connectivity index (χ0) is 25.9. The van der Waals surface area contributed by atoms with Gasteiger partial charge in [-0.25, -0.2) is 0 Å². The highest BCUT2D eigenvalue weighted by Crippen LogP contribution is 2.44. The Morgan fingerprint density at radius 1 is 1.03 bits per heavy atom. The predicted octanol–water partition coefficient (Wildman–Crippen LogP) is 3.55. The molecule has 1 unspecified atom stereocenters. The maximum absolute atomic E-state index is 13.2. The zero-order valence-electron chi connectivity index (χ0n) is 20.3. The van der Waals surface area contributed by atoms with E-state index in [1.807, 2.05) is 19.0 Å². The molecule has 2 aromatic rings. The molecule has 0 bridgehead atoms. The molecule has 9 nitrogen and oxygen atoms in total. The summed E-state index contributed by atoms with van der Waals surface area (Å²) in [5.74, 6) is -0.971. The van der Waals surface area contributed by atoms with Crippen LogP contribution in [-0.2, 0) is 9.59 Å². The van der Waals surface area contributed by atoms with E-state index in [0.29, 0.717) is 40.1 Å². The van der Waals surface area contributed by atoms with Crippen LogP contribution in [0.1, 0.15) is 23.6 Å². The molecule has 0 radical (unpaired) electrons. The third-order valence-electron chi connectivity index (χ3n) is 5.79. The number of amides is 1. The van der Waals surface area contributed by atoms with Crippen LogP contribution in [0.3, 0.4) is 0 Å². The summed E-state index contributed by atoms with van der Waals surface area (Å²) in [4.78, 5) is 29.8. The Morgan fingerprint density at radius 3 is 2.29 bits per heavy atom. The van der Waals surface area contributed by atoms with Crippen molar-refractivity contribution >= 4 is 33.4 Å². The van der Waals surface area contributed by atoms with Crippen molar-refractivity contribution in [1.29, 1.82) is 0 Å². The van der Waals surface area contributed by atoms with Gasteiger partial charge < -0.3 is 34.2 Å². The number of aliphatic hydroxyl groups excluding tert-OH is 1. The Labute approximate surface area is 212 Å². The molecular formula is C25H29BrN2O7. The van der Waals surface area contributed by atoms with Crippen LogP contribution in [0.5, 0.6) is 23.0 Å². The number of methoxy groups -OCH3 is 3. The summed E-state index contributed by atoms with van der Waals surface area (Å²) in [7, 11) is 8.20. The second-order valence-electron chi connectivity index (χ2n) is 8.27. The lowest BCUT2D eigenvalue weighted by molar-refractivity contribution is -0.139. The van der Waals surface area contributed by atoms with E-state index in [2.05, 4.69) is 15.9 Å². The van der Waals surface area contributed by atoms with Crippen molar-refractivity contribution in [1.82, 2.24) is 9.80 Å². The van der Waals surface area contributed by atoms with Crippen molar-refractivity contribution < 1.29 is 34.0 Å². The minimum Gasteiger partial charge on any atom is -0.507 e. The fourth-order valence-electron chi connectivity index (χ4n) is 4.06. The van der Waals surface area contributed by atoms with Crippen molar-refractivity contribution in [2.75, 3.05) is 48.5 Å². The van der Waals surface area contributed by atoms with E-state index in [4.69, 9.17) is 14.2 Å². The van der Waals surface area contributed by atoms with Crippen molar-refractivity contribution in [2.24, 2.45) is 0 Å². The lowest BCUT2D eigenvalue weighted by Gasteiger charge is -2.26. The number of aliphatic hydroxyl groups is 1. The predicted molar refractivity (Wildman–Crippen MR) is 134 cm³/mol. The second kappa shape index (κ2) is 11.0. The van der Waals surface area contributed by atoms with E-state index < -0.39 is 17.7 Å². The number of rotatable bonds is 9. The number of Topliss-reactive ketones (excluding diaryl/α,β-unsaturated/α-hetero) is 1. The van der Waals surface area contributed by atoms with E-state index in [-0.39, 0.29) is 29.4 Å². The van der Waals surface area contributed by atoms with Crippen LogP contribution in [0.4, 0.5) is 0 Å². The summed E-state index contributed by atoms with van der Waals surface area (Å²) in [5, 5.41) is 21.6. The standard InChI is InChI=1S/C25H29BrN2O7/c1-27(2)9-6-10-28-21(15-11-16(26)23(30)19(13-15)35-5)20(24(31)25(28)32)22(29)14-7-8-17(33-3)18(12-14)34-4/h7-8,11-13,21,29-30H,6,9-10H2,1-5H3/b22-20+. The van der Waals surface area contributed by atoms with Crippen LogP contribution in [0.25, 0.3) is 5.76 Å². The van der Waals surface area contributed by atoms with Gasteiger partial charge >= 0.3 is 0 Å². The molecular weight excluding hydrogens is 520 g/mol. The molecule has 188 valence electrons. The number of aromatic hydroxyl groups is 1. The number of carbonyl (C=O) groups is 2. The molecule has 2 aromatic carbocycles. The van der Waals surface area contributed by atoms with Gasteiger partial charge in [0.05, 0.1) is 37.4 Å². The average Bonchev–Trinajstić information content (AvgIpc) is 3.09. The molecule has 35 heavy (non-hydrogen) atoms. The SMILES string of the molecule is COc1ccc(/C(O)=C2\C(=O)C(=O)N(CCCN(C)C)C2c2cc(Br)c(O)c(OC)c2)cc1OC. The van der Waals surface area contributed by atoms with E-state index in [1.54, 1.807) is 24.3 Å². The van der Waals surface area contributed by atoms with Gasteiger partial charge in [0.1, 0.15) is 5.76 Å². The maximum Gasteiger partial charge on any atom is 0.295 e. The van der Waals surface area contributed by atoms with Crippen molar-refractivity contribution in [2.45, 2.75) is 12.5 Å². The third kappa shape index (κ3) is 5.23. The van der Waals surface area contributed by atoms with E-state index >= 15 is 0 Å². The first kappa shape index (κ1) is 26.4. The number of hydrogen-bond acceptors (Lipinski definition) is 8. The number of phenols is 1. The smallest absolute Gasteiger partial charge is 0.295 e. The van der Waals surface area contributed by atoms with Crippen LogP contribution in [0.15, 0.2) is 40.4 Å². The van der Waals surface area contributed by atoms with E-state index in [9.17, 15) is 19.8 Å². The van der Waals surface area contributed by atoms with Gasteiger partial charge in [-0.3, -0.25) is 9.59 Å². The summed E-state index contributed by atoms with van der Waals surface area (Å²) >= 11 is 3.31. The van der Waals surface area contributed by atoms with E-state index in [0.717, 1.165) is 0 Å². The number of hydrogen-bond donors (Lipinski definition) is 2. The molecule has 0 aromatic heterocycles. The monoisotopic (exact) mass is 548 g/mol. The van der Waals surface area contributed by atoms with E-state index in [1.165, 1.54) is 32.3 Å². The summed E-state index contributed by atoms with van der Waals surface area (Å²) in [6, 6.07) is 7.00. The highest BCUT2D eigenvalue weighted by molar-refractivity contribution is 9.10. The van der Waals surface area contributed by atoms with Crippen molar-refractivity contribution in [3.05, 3.63) is 51.5 Å². The number of nitrogens with zero attached hydrogens (tertiary/aromatic N) is 2. The van der Waals surface area contributed by atoms with Gasteiger partial charge in [0.25, 0.3) is 11.7 Å². The van der Waals surface area contributed by atoms with Crippen LogP contribution >= 0.6 is 15.9 Å². The molecule has 1 atom stereocenters. The molecule has 3 rings (SSSR count). The molecule has 2 N–H and O–H groups in total. The quantitative estimate of drug-likeness (QED) is 0.278. The molecule has 0 aliphatic carbocycles. The lowest BCUT2D eigenvalue weighted by atomic mass is 9.94. The minimum atomic E-state index is -0.893. The summed E-state index contributed by atoms with van der Waals surface area (Å²) in [5.41, 5.74) is 0.730. The Morgan fingerprint density at radius 2 is 1.69 bits per heavy atom. The Hall–Kier alpha value is -3.24. The van der Waals surface area contributed by atoms with Crippen LogP contribution in [-0.4, -0.2) is 80.2 Å². The molecule has 1 fully saturated rings. The maximum atomic E-state index is 13.2. The molecule has 1 heterocycles. The molecule has 1 aliphatic heterocycles. The molecule has 0 spiro atoms. The molecule has 0 saturated carbocycles. The Balaban J connectivity index is 2.20. The van der Waals surface area contributed by atoms with Crippen LogP contribution in [0.2, 0.25) is 0 Å². The Kier molecular flexibility index (Phi) is 8.29. The number of benzene rings is 2. The van der Waals surface area contributed by atoms with Gasteiger partial charge in [-0.05, 0) is 78.9 Å². The minimum absolute atomic E-state index is 0.0632. The number of ether oxygens (including phenoxy) is 3. The number of halogens is 1. The summed E-state index contributed by atoms with van der Waals surface area (Å²) < 4.78 is 16.2. The van der Waals surface area contributed by atoms with Crippen molar-refractivity contribution in [3.8, 4) is 23.0 Å². The van der Waals surface area contributed by atoms with Crippen LogP contribution in [0, 0.1) is 0 Å². The van der Waals surface area contributed by atoms with Gasteiger partial charge in [0.15, 0.2) is 23.0 Å². The van der Waals surface area contributed by atoms with Crippen LogP contribution < -0.4 is 14.2 Å². The van der Waals surface area contributed by atoms with Gasteiger partial charge in [-0.1, -0.05) is 0 Å². The fourth-order valence-corrected chi connectivity index (χ4v) is 4.52. The zero-order valence-corrected chi connectivity index (χ0v) is 21.9. The number of carbonyl (C=O) groups excluding carboxylic acids is 2. The first-order valence-electron chi connectivity index (χ1n) is 10.9. The largest absolute Gasteiger partial charge is 0.507 e. The second-order valence-corrected chi connectivity index (χ2v) is 9.13. The van der Waals surface area contributed by atoms with Gasteiger partial charge in [0.2, 0.25) is 0 Å². The molecule has 1 amide bonds. The van der Waals surface area contributed by atoms with Gasteiger partial charge in [-0.15, -0.1) is 0 Å². The molecule has 1 aliphatic rings. The first-order chi connectivity index (χ1) is 16.6. The third-order valence-corrected chi connectivity index (χ3v) is 6.39. The lowest BCUT2D eigenvalue weighted by Crippen LogP contribution is -2.32.